The predicted molar refractivity (Wildman–Crippen MR) is 100 cm³/mol. The Morgan fingerprint density at radius 1 is 1.04 bits per heavy atom. The molecule has 0 atom stereocenters. The fourth-order valence-corrected chi connectivity index (χ4v) is 4.63. The number of carbonyl (C=O) groups excluding carboxylic acids is 1. The standard InChI is InChI=1S/C19H19NO7S/c1-25-14-9-8-12(10-15(14)26-2)11-20-17(19(22)27-3)18(21)13-6-4-5-7-16(13)28(20,23)24/h4-10,21H,11H2,1-3H3. The number of hydrogen-bond acceptors (Lipinski definition) is 7. The van der Waals surface area contributed by atoms with Gasteiger partial charge in [0.05, 0.1) is 32.8 Å². The van der Waals surface area contributed by atoms with Crippen LogP contribution in [0.1, 0.15) is 11.1 Å². The molecule has 0 saturated heterocycles. The Balaban J connectivity index is 2.16. The molecule has 8 nitrogen and oxygen atoms in total. The van der Waals surface area contributed by atoms with E-state index in [2.05, 4.69) is 0 Å². The first-order valence-corrected chi connectivity index (χ1v) is 9.63. The first-order chi connectivity index (χ1) is 13.3. The molecular weight excluding hydrogens is 386 g/mol. The predicted octanol–water partition coefficient (Wildman–Crippen LogP) is 2.31. The molecule has 1 aliphatic heterocycles. The fraction of sp³-hybridized carbons (Fsp3) is 0.211. The number of nitrogens with zero attached hydrogens (tertiary/aromatic N) is 1. The number of sulfonamides is 1. The van der Waals surface area contributed by atoms with Crippen LogP contribution in [0.5, 0.6) is 11.5 Å². The Morgan fingerprint density at radius 3 is 2.36 bits per heavy atom. The Labute approximate surface area is 162 Å². The van der Waals surface area contributed by atoms with E-state index in [1.165, 1.54) is 26.4 Å². The maximum Gasteiger partial charge on any atom is 0.359 e. The topological polar surface area (TPSA) is 102 Å². The normalized spacial score (nSPS) is 15.0. The van der Waals surface area contributed by atoms with Crippen LogP contribution < -0.4 is 9.47 Å². The van der Waals surface area contributed by atoms with Crippen molar-refractivity contribution in [1.82, 2.24) is 4.31 Å². The Morgan fingerprint density at radius 2 is 1.71 bits per heavy atom. The van der Waals surface area contributed by atoms with Gasteiger partial charge >= 0.3 is 5.97 Å². The number of ether oxygens (including phenoxy) is 3. The lowest BCUT2D eigenvalue weighted by atomic mass is 10.1. The monoisotopic (exact) mass is 405 g/mol. The maximum atomic E-state index is 13.2. The van der Waals surface area contributed by atoms with Crippen LogP contribution in [0.4, 0.5) is 0 Å². The lowest BCUT2D eigenvalue weighted by Crippen LogP contribution is -2.38. The summed E-state index contributed by atoms with van der Waals surface area (Å²) in [5.74, 6) is -0.541. The highest BCUT2D eigenvalue weighted by atomic mass is 32.2. The highest BCUT2D eigenvalue weighted by Gasteiger charge is 2.40. The third-order valence-electron chi connectivity index (χ3n) is 4.34. The van der Waals surface area contributed by atoms with Gasteiger partial charge in [-0.15, -0.1) is 0 Å². The minimum absolute atomic E-state index is 0.0476. The number of benzene rings is 2. The minimum Gasteiger partial charge on any atom is -0.505 e. The van der Waals surface area contributed by atoms with Crippen LogP contribution in [0.3, 0.4) is 0 Å². The summed E-state index contributed by atoms with van der Waals surface area (Å²) >= 11 is 0. The summed E-state index contributed by atoms with van der Waals surface area (Å²) in [6.45, 7) is -0.217. The molecule has 1 heterocycles. The van der Waals surface area contributed by atoms with E-state index in [9.17, 15) is 18.3 Å². The van der Waals surface area contributed by atoms with Crippen LogP contribution in [0.25, 0.3) is 5.76 Å². The van der Waals surface area contributed by atoms with Crippen LogP contribution in [0.2, 0.25) is 0 Å². The van der Waals surface area contributed by atoms with Gasteiger partial charge in [-0.1, -0.05) is 18.2 Å². The number of aliphatic hydroxyl groups excluding tert-OH is 1. The molecule has 0 bridgehead atoms. The van der Waals surface area contributed by atoms with E-state index in [0.29, 0.717) is 17.1 Å². The quantitative estimate of drug-likeness (QED) is 0.762. The number of fused-ring (bicyclic) bond motifs is 1. The molecule has 9 heteroatoms. The zero-order valence-electron chi connectivity index (χ0n) is 15.5. The summed E-state index contributed by atoms with van der Waals surface area (Å²) in [6, 6.07) is 10.8. The fourth-order valence-electron chi connectivity index (χ4n) is 2.98. The zero-order valence-corrected chi connectivity index (χ0v) is 16.3. The second kappa shape index (κ2) is 7.43. The van der Waals surface area contributed by atoms with Crippen LogP contribution in [-0.2, 0) is 26.1 Å². The van der Waals surface area contributed by atoms with Gasteiger partial charge in [-0.2, -0.15) is 0 Å². The second-order valence-corrected chi connectivity index (χ2v) is 7.72. The third kappa shape index (κ3) is 3.13. The molecule has 1 N–H and O–H groups in total. The van der Waals surface area contributed by atoms with E-state index in [0.717, 1.165) is 11.4 Å². The van der Waals surface area contributed by atoms with Gasteiger partial charge in [0, 0.05) is 5.56 Å². The summed E-state index contributed by atoms with van der Waals surface area (Å²) in [6.07, 6.45) is 0. The van der Waals surface area contributed by atoms with Gasteiger partial charge in [-0.25, -0.2) is 13.2 Å². The van der Waals surface area contributed by atoms with Crippen molar-refractivity contribution in [2.75, 3.05) is 21.3 Å². The molecule has 0 fully saturated rings. The SMILES string of the molecule is COC(=O)C1=C(O)c2ccccc2S(=O)(=O)N1Cc1ccc(OC)c(OC)c1. The van der Waals surface area contributed by atoms with Crippen molar-refractivity contribution >= 4 is 21.8 Å². The van der Waals surface area contributed by atoms with Crippen molar-refractivity contribution < 1.29 is 32.5 Å². The molecule has 3 rings (SSSR count). The van der Waals surface area contributed by atoms with Crippen LogP contribution in [0, 0.1) is 0 Å². The van der Waals surface area contributed by atoms with Crippen LogP contribution in [-0.4, -0.2) is 45.1 Å². The van der Waals surface area contributed by atoms with E-state index >= 15 is 0 Å². The Bertz CT molecular complexity index is 1060. The van der Waals surface area contributed by atoms with E-state index in [4.69, 9.17) is 14.2 Å². The van der Waals surface area contributed by atoms with Gasteiger partial charge < -0.3 is 19.3 Å². The van der Waals surface area contributed by atoms with Crippen molar-refractivity contribution in [3.8, 4) is 11.5 Å². The summed E-state index contributed by atoms with van der Waals surface area (Å²) < 4.78 is 42.3. The lowest BCUT2D eigenvalue weighted by molar-refractivity contribution is -0.137. The van der Waals surface area contributed by atoms with E-state index < -0.39 is 27.4 Å². The second-order valence-electron chi connectivity index (χ2n) is 5.89. The average molecular weight is 405 g/mol. The van der Waals surface area contributed by atoms with Crippen molar-refractivity contribution in [2.45, 2.75) is 11.4 Å². The molecule has 0 spiro atoms. The van der Waals surface area contributed by atoms with Gasteiger partial charge in [-0.05, 0) is 29.8 Å². The Kier molecular flexibility index (Phi) is 5.19. The molecule has 0 amide bonds. The summed E-state index contributed by atoms with van der Waals surface area (Å²) in [5, 5.41) is 10.6. The summed E-state index contributed by atoms with van der Waals surface area (Å²) in [7, 11) is -0.0503. The van der Waals surface area contributed by atoms with Crippen LogP contribution >= 0.6 is 0 Å². The first kappa shape index (κ1) is 19.6. The van der Waals surface area contributed by atoms with Crippen molar-refractivity contribution in [1.29, 1.82) is 0 Å². The molecule has 2 aromatic carbocycles. The van der Waals surface area contributed by atoms with E-state index in [1.807, 2.05) is 0 Å². The number of methoxy groups -OCH3 is 3. The highest BCUT2D eigenvalue weighted by molar-refractivity contribution is 7.89. The average Bonchev–Trinajstić information content (AvgIpc) is 2.71. The van der Waals surface area contributed by atoms with E-state index in [-0.39, 0.29) is 17.0 Å². The summed E-state index contributed by atoms with van der Waals surface area (Å²) in [4.78, 5) is 12.2. The largest absolute Gasteiger partial charge is 0.505 e. The first-order valence-electron chi connectivity index (χ1n) is 8.19. The molecule has 1 aliphatic rings. The number of aliphatic hydroxyl groups is 1. The van der Waals surface area contributed by atoms with Gasteiger partial charge in [0.2, 0.25) is 0 Å². The molecule has 0 aromatic heterocycles. The maximum absolute atomic E-state index is 13.2. The molecule has 0 aliphatic carbocycles. The number of esters is 1. The number of hydrogen-bond donors (Lipinski definition) is 1. The van der Waals surface area contributed by atoms with E-state index in [1.54, 1.807) is 30.3 Å². The molecule has 148 valence electrons. The molecular formula is C19H19NO7S. The van der Waals surface area contributed by atoms with Crippen molar-refractivity contribution in [2.24, 2.45) is 0 Å². The van der Waals surface area contributed by atoms with Gasteiger partial charge in [0.15, 0.2) is 23.0 Å². The zero-order chi connectivity index (χ0) is 20.5. The third-order valence-corrected chi connectivity index (χ3v) is 6.14. The molecule has 2 aromatic rings. The number of carbonyl (C=O) groups is 1. The smallest absolute Gasteiger partial charge is 0.359 e. The molecule has 0 saturated carbocycles. The molecule has 0 unspecified atom stereocenters. The van der Waals surface area contributed by atoms with Crippen molar-refractivity contribution in [3.05, 3.63) is 59.3 Å². The Hall–Kier alpha value is -3.20. The van der Waals surface area contributed by atoms with Gasteiger partial charge in [0.1, 0.15) is 0 Å². The van der Waals surface area contributed by atoms with Crippen LogP contribution in [0.15, 0.2) is 53.1 Å². The summed E-state index contributed by atoms with van der Waals surface area (Å²) in [5.41, 5.74) is 0.122. The minimum atomic E-state index is -4.11. The van der Waals surface area contributed by atoms with Gasteiger partial charge in [-0.3, -0.25) is 4.31 Å². The highest BCUT2D eigenvalue weighted by Crippen LogP contribution is 2.37. The van der Waals surface area contributed by atoms with Crippen molar-refractivity contribution in [3.63, 3.8) is 0 Å². The molecule has 0 radical (unpaired) electrons. The van der Waals surface area contributed by atoms with Gasteiger partial charge in [0.25, 0.3) is 10.0 Å². The number of rotatable bonds is 5. The lowest BCUT2D eigenvalue weighted by Gasteiger charge is -2.31. The molecule has 28 heavy (non-hydrogen) atoms.